The van der Waals surface area contributed by atoms with E-state index in [0.29, 0.717) is 50.3 Å². The van der Waals surface area contributed by atoms with E-state index in [4.69, 9.17) is 44.4 Å². The fourth-order valence-corrected chi connectivity index (χ4v) is 16.3. The van der Waals surface area contributed by atoms with Crippen molar-refractivity contribution in [2.75, 3.05) is 59.0 Å². The molecule has 3 fully saturated rings. The van der Waals surface area contributed by atoms with Crippen LogP contribution in [0.1, 0.15) is 202 Å². The van der Waals surface area contributed by atoms with Gasteiger partial charge in [-0.15, -0.1) is 0 Å². The minimum Gasteiger partial charge on any atom is -0.483 e. The molecule has 12 atom stereocenters. The number of hydrogen-bond acceptors (Lipinski definition) is 15. The van der Waals surface area contributed by atoms with Crippen molar-refractivity contribution in [2.45, 2.75) is 255 Å². The molecule has 9 aromatic carbocycles. The molecular weight excluding hydrogens is 1780 g/mol. The van der Waals surface area contributed by atoms with Crippen molar-refractivity contribution in [3.8, 4) is 17.2 Å². The van der Waals surface area contributed by atoms with Gasteiger partial charge in [0.15, 0.2) is 19.8 Å². The summed E-state index contributed by atoms with van der Waals surface area (Å²) in [6.07, 6.45) is -14.3. The van der Waals surface area contributed by atoms with Crippen LogP contribution in [-0.4, -0.2) is 215 Å². The highest BCUT2D eigenvalue weighted by molar-refractivity contribution is 5.90. The van der Waals surface area contributed by atoms with Crippen LogP contribution in [0.2, 0.25) is 0 Å². The zero-order valence-corrected chi connectivity index (χ0v) is 78.9. The van der Waals surface area contributed by atoms with Gasteiger partial charge >= 0.3 is 18.1 Å². The summed E-state index contributed by atoms with van der Waals surface area (Å²) in [5.74, 6) is -6.34. The Hall–Kier alpha value is -13.1. The van der Waals surface area contributed by atoms with E-state index in [-0.39, 0.29) is 106 Å². The number of benzene rings is 9. The molecule has 3 aliphatic rings. The van der Waals surface area contributed by atoms with Crippen LogP contribution in [0.3, 0.4) is 0 Å². The van der Waals surface area contributed by atoms with E-state index in [2.05, 4.69) is 42.5 Å². The lowest BCUT2D eigenvalue weighted by atomic mass is 9.92. The van der Waals surface area contributed by atoms with Crippen molar-refractivity contribution in [1.82, 2.24) is 62.6 Å². The molecule has 0 unspecified atom stereocenters. The van der Waals surface area contributed by atoms with Gasteiger partial charge in [0, 0.05) is 90.2 Å². The molecule has 27 nitrogen and oxygen atoms in total. The summed E-state index contributed by atoms with van der Waals surface area (Å²) in [4.78, 5) is 125. The Morgan fingerprint density at radius 1 is 0.362 bits per heavy atom. The van der Waals surface area contributed by atoms with Crippen LogP contribution in [0, 0.1) is 59.0 Å². The number of amides is 12. The number of nitrogens with one attached hydrogen (secondary N) is 9. The van der Waals surface area contributed by atoms with E-state index in [1.54, 1.807) is 95.1 Å². The summed E-state index contributed by atoms with van der Waals surface area (Å²) < 4.78 is 216. The lowest BCUT2D eigenvalue weighted by Crippen LogP contribution is -2.59. The first-order valence-electron chi connectivity index (χ1n) is 58.3. The number of aliphatic hydroxyl groups excluding tert-OH is 3. The number of hydrogen-bond donors (Lipinski definition) is 12. The second kappa shape index (κ2) is 58.8. The molecule has 3 aliphatic heterocycles. The predicted octanol–water partition coefficient (Wildman–Crippen LogP) is 14.9. The van der Waals surface area contributed by atoms with Gasteiger partial charge < -0.3 is 92.1 Å². The number of para-hydroxylation sites is 3. The van der Waals surface area contributed by atoms with Gasteiger partial charge in [-0.25, -0.2) is 14.4 Å². The molecule has 9 aromatic rings. The number of carbonyl (C=O) groups is 9. The minimum atomic E-state index is -3.40. The number of nitrogens with zero attached hydrogens (tertiary/aromatic N) is 3. The van der Waals surface area contributed by atoms with Gasteiger partial charge in [0.25, 0.3) is 17.7 Å². The van der Waals surface area contributed by atoms with E-state index in [1.807, 2.05) is 120 Å². The molecule has 0 radical (unpaired) electrons. The predicted molar refractivity (Wildman–Crippen MR) is 559 cm³/mol. The molecule has 0 spiro atoms. The summed E-state index contributed by atoms with van der Waals surface area (Å²) in [7, 11) is 0. The van der Waals surface area contributed by atoms with Gasteiger partial charge in [0.2, 0.25) is 17.7 Å². The van der Waals surface area contributed by atoms with Crippen LogP contribution in [0.15, 0.2) is 237 Å². The van der Waals surface area contributed by atoms with Crippen LogP contribution in [0.25, 0.3) is 0 Å². The second-order valence-electron chi connectivity index (χ2n) is 35.0. The average Bonchev–Trinajstić information content (AvgIpc) is 0.711. The number of urea groups is 3. The van der Waals surface area contributed by atoms with Gasteiger partial charge in [0.05, 0.1) is 36.4 Å². The maximum Gasteiger partial charge on any atom is 0.318 e. The Morgan fingerprint density at radius 3 is 0.986 bits per heavy atom. The van der Waals surface area contributed by atoms with Gasteiger partial charge in [-0.1, -0.05) is 300 Å². The molecule has 3 saturated heterocycles. The van der Waals surface area contributed by atoms with Crippen molar-refractivity contribution >= 4 is 53.5 Å². The third-order valence-corrected chi connectivity index (χ3v) is 23.0. The minimum absolute atomic E-state index is 0. The molecule has 27 heteroatoms. The molecule has 0 saturated carbocycles. The van der Waals surface area contributed by atoms with Crippen molar-refractivity contribution in [1.29, 1.82) is 0 Å². The summed E-state index contributed by atoms with van der Waals surface area (Å²) in [5.41, 5.74) is 2.76. The monoisotopic (exact) mass is 1960 g/mol. The number of ether oxygens (including phenoxy) is 3. The zero-order chi connectivity index (χ0) is 120. The standard InChI is InChI=1S/3C37H48N4O5.3CH4/c3*1-25(2)34(41-20-12-19-38-37(41)45)36(44)39-30(21-28-15-7-5-8-16-28)23-32(42)31(22-29-17-9-6-10-18-29)40-33(43)24-46-35-26(3)13-11-14-27(35)4;;;/h3*5-11,13-18,25,30-32,34,42H,12,19-24H2,1-4H3,(H,38,45)(H,39,44)(H,40,43);3*1H4/t3*30-,31-,32-,34-;;;/m000.../s1/i3D3,4D3,12D2,19D2,20D2,21D2;3D3,4D3,22D2;22D2;;;. The van der Waals surface area contributed by atoms with Gasteiger partial charge in [-0.05, 0) is 203 Å². The molecule has 0 bridgehead atoms. The van der Waals surface area contributed by atoms with Crippen LogP contribution >= 0.6 is 0 Å². The molecule has 0 aromatic heterocycles. The SMILES string of the molecule is C.C.C.[2H]C([2H])([2H])c1cccc(C([2H])([2H])[2H])c1OCC(=O)N[C@@H](Cc1ccccc1)[C@@H](O)C[C@@H](NC(=O)[C@H](C(C)C)N1C(=O)NC([2H])([2H])C([2H])([2H])C1([2H])[2H])C([2H])([2H])c1ccccc1.[2H]C([2H])([2H])c1cccc(C([2H])([2H])[2H])c1OCC(=O)N[C@H]([C@@H](O)C[C@H](Cc1ccccc1)NC(=O)[C@H](C(C)C)N1CCCNC1=O)C([2H])([2H])c1ccccc1.[2H]C([2H])(c1ccccc1)[C@H](NC(=O)COc1c(C)cccc1C)[C@@H](O)C[C@H](Cc1ccccc1)NC(=O)[C@H](C(C)C)N1CCCNC1=O. The van der Waals surface area contributed by atoms with E-state index in [0.717, 1.165) is 40.8 Å². The number of rotatable bonds is 45. The Kier molecular flexibility index (Phi) is 34.5. The summed E-state index contributed by atoms with van der Waals surface area (Å²) in [6.45, 7) is -4.04. The molecule has 12 amide bonds. The topological polar surface area (TPSA) is 360 Å². The van der Waals surface area contributed by atoms with Gasteiger partial charge in [-0.2, -0.15) is 0 Å². The smallest absolute Gasteiger partial charge is 0.318 e. The van der Waals surface area contributed by atoms with E-state index < -0.39 is 233 Å². The Bertz CT molecular complexity index is 6360. The summed E-state index contributed by atoms with van der Waals surface area (Å²) in [6, 6.07) is 50.8. The lowest BCUT2D eigenvalue weighted by Gasteiger charge is -2.37. The quantitative estimate of drug-likeness (QED) is 0.0169. The highest BCUT2D eigenvalue weighted by atomic mass is 16.5. The van der Waals surface area contributed by atoms with Crippen molar-refractivity contribution in [2.24, 2.45) is 17.8 Å². The van der Waals surface area contributed by atoms with Crippen LogP contribution in [-0.2, 0) is 67.1 Å². The van der Waals surface area contributed by atoms with Crippen molar-refractivity contribution in [3.05, 3.63) is 303 Å². The normalized spacial score (nSPS) is 19.7. The molecule has 12 rings (SSSR count). The summed E-state index contributed by atoms with van der Waals surface area (Å²) >= 11 is 0. The molecular formula is C114H156N12O15. The first-order valence-corrected chi connectivity index (χ1v) is 46.3. The fourth-order valence-electron chi connectivity index (χ4n) is 16.3. The Morgan fingerprint density at radius 2 is 0.645 bits per heavy atom. The first kappa shape index (κ1) is 82.6. The molecule has 762 valence electrons. The Balaban J connectivity index is 0.000000331. The molecule has 12 N–H and O–H groups in total. The van der Waals surface area contributed by atoms with Crippen molar-refractivity contribution < 1.29 is 106 Å². The van der Waals surface area contributed by atoms with Gasteiger partial charge in [-0.3, -0.25) is 28.8 Å². The van der Waals surface area contributed by atoms with Crippen molar-refractivity contribution in [3.63, 3.8) is 0 Å². The van der Waals surface area contributed by atoms with Gasteiger partial charge in [0.1, 0.15) is 35.4 Å². The highest BCUT2D eigenvalue weighted by Gasteiger charge is 2.40. The van der Waals surface area contributed by atoms with Crippen LogP contribution < -0.4 is 62.1 Å². The maximum atomic E-state index is 14.3. The second-order valence-corrected chi connectivity index (χ2v) is 35.0. The van der Waals surface area contributed by atoms with E-state index in [9.17, 15) is 61.2 Å². The Labute approximate surface area is 870 Å². The number of aliphatic hydroxyl groups is 3. The molecule has 3 heterocycles. The number of carbonyl (C=O) groups excluding carboxylic acids is 9. The highest BCUT2D eigenvalue weighted by Crippen LogP contribution is 2.29. The maximum absolute atomic E-state index is 14.3. The number of aryl methyl sites for hydroxylation is 6. The third kappa shape index (κ3) is 36.5. The lowest BCUT2D eigenvalue weighted by molar-refractivity contribution is -0.129. The molecule has 0 aliphatic carbocycles. The van der Waals surface area contributed by atoms with Crippen LogP contribution in [0.4, 0.5) is 14.4 Å². The first-order chi connectivity index (χ1) is 75.7. The summed E-state index contributed by atoms with van der Waals surface area (Å²) in [5, 5.41) is 59.4. The van der Waals surface area contributed by atoms with E-state index >= 15 is 0 Å². The average molecular weight is 1960 g/mol. The van der Waals surface area contributed by atoms with Crippen LogP contribution in [0.5, 0.6) is 17.2 Å². The zero-order valence-electron chi connectivity index (χ0n) is 103. The molecule has 141 heavy (non-hydrogen) atoms. The largest absolute Gasteiger partial charge is 0.483 e. The fraction of sp³-hybridized carbons (Fsp3) is 0.447. The van der Waals surface area contributed by atoms with E-state index in [1.165, 1.54) is 79.4 Å². The third-order valence-electron chi connectivity index (χ3n) is 23.0.